The van der Waals surface area contributed by atoms with E-state index in [-0.39, 0.29) is 11.2 Å². The highest BCUT2D eigenvalue weighted by Crippen LogP contribution is 2.36. The number of hydrogen-bond acceptors (Lipinski definition) is 0. The molecule has 1 aromatic carbocycles. The average molecular weight is 191 g/mol. The lowest BCUT2D eigenvalue weighted by molar-refractivity contribution is 0.334. The van der Waals surface area contributed by atoms with E-state index in [4.69, 9.17) is 0 Å². The van der Waals surface area contributed by atoms with Gasteiger partial charge in [-0.25, -0.2) is 0 Å². The molecule has 0 aliphatic rings. The van der Waals surface area contributed by atoms with Crippen molar-refractivity contribution in [3.05, 3.63) is 29.3 Å². The summed E-state index contributed by atoms with van der Waals surface area (Å²) >= 11 is 0. The molecule has 0 atom stereocenters. The zero-order chi connectivity index (χ0) is 10.9. The van der Waals surface area contributed by atoms with Crippen LogP contribution in [0.25, 0.3) is 0 Å². The van der Waals surface area contributed by atoms with Gasteiger partial charge in [0.05, 0.1) is 0 Å². The van der Waals surface area contributed by atoms with Gasteiger partial charge in [-0.2, -0.15) is 0 Å². The minimum atomic E-state index is -0.0536. The lowest BCUT2D eigenvalue weighted by Gasteiger charge is -2.21. The summed E-state index contributed by atoms with van der Waals surface area (Å²) in [4.78, 5) is 0. The second-order valence-corrected chi connectivity index (χ2v) is 5.13. The molecular weight excluding hydrogens is 172 g/mol. The maximum Gasteiger partial charge on any atom is 0.185 e. The Labute approximate surface area is 86.8 Å². The summed E-state index contributed by atoms with van der Waals surface area (Å²) in [7, 11) is 0. The van der Waals surface area contributed by atoms with Crippen LogP contribution < -0.4 is 0 Å². The van der Waals surface area contributed by atoms with Gasteiger partial charge in [0, 0.05) is 11.1 Å². The fourth-order valence-corrected chi connectivity index (χ4v) is 1.60. The lowest BCUT2D eigenvalue weighted by Crippen LogP contribution is -2.11. The summed E-state index contributed by atoms with van der Waals surface area (Å²) in [6, 6.07) is 5.85. The van der Waals surface area contributed by atoms with Gasteiger partial charge in [-0.3, -0.25) is 5.11 Å². The summed E-state index contributed by atoms with van der Waals surface area (Å²) in [5.74, 6) is 0.528. The monoisotopic (exact) mass is 191 g/mol. The van der Waals surface area contributed by atoms with Crippen molar-refractivity contribution >= 4 is 0 Å². The second kappa shape index (κ2) is 3.64. The van der Waals surface area contributed by atoms with Crippen LogP contribution in [0.2, 0.25) is 0 Å². The summed E-state index contributed by atoms with van der Waals surface area (Å²) in [5.41, 5.74) is 1.79. The molecule has 0 saturated carbocycles. The van der Waals surface area contributed by atoms with Gasteiger partial charge in [-0.15, -0.1) is 0 Å². The van der Waals surface area contributed by atoms with Crippen molar-refractivity contribution in [1.82, 2.24) is 0 Å². The van der Waals surface area contributed by atoms with Gasteiger partial charge >= 0.3 is 0 Å². The van der Waals surface area contributed by atoms with Crippen LogP contribution in [-0.4, -0.2) is 0 Å². The van der Waals surface area contributed by atoms with E-state index >= 15 is 0 Å². The first-order chi connectivity index (χ1) is 6.34. The first kappa shape index (κ1) is 11.1. The predicted molar refractivity (Wildman–Crippen MR) is 59.4 cm³/mol. The van der Waals surface area contributed by atoms with E-state index in [1.54, 1.807) is 0 Å². The quantitative estimate of drug-likeness (QED) is 0.632. The molecule has 0 bridgehead atoms. The fourth-order valence-electron chi connectivity index (χ4n) is 1.60. The average Bonchev–Trinajstić information content (AvgIpc) is 2.01. The van der Waals surface area contributed by atoms with E-state index in [1.807, 2.05) is 18.2 Å². The summed E-state index contributed by atoms with van der Waals surface area (Å²) in [6.07, 6.45) is 0. The van der Waals surface area contributed by atoms with Gasteiger partial charge in [-0.05, 0) is 11.3 Å². The number of rotatable bonds is 1. The van der Waals surface area contributed by atoms with E-state index in [0.717, 1.165) is 11.1 Å². The molecule has 1 aromatic rings. The SMILES string of the molecule is CC(C)c1cccc(C(C)(C)C)c1[O]. The Kier molecular flexibility index (Phi) is 2.89. The highest BCUT2D eigenvalue weighted by molar-refractivity contribution is 5.45. The predicted octanol–water partition coefficient (Wildman–Crippen LogP) is 4.25. The van der Waals surface area contributed by atoms with Crippen LogP contribution >= 0.6 is 0 Å². The fraction of sp³-hybridized carbons (Fsp3) is 0.538. The molecule has 0 N–H and O–H groups in total. The maximum absolute atomic E-state index is 12.1. The normalized spacial score (nSPS) is 12.1. The molecule has 0 fully saturated rings. The summed E-state index contributed by atoms with van der Waals surface area (Å²) in [6.45, 7) is 10.3. The first-order valence-electron chi connectivity index (χ1n) is 5.14. The molecule has 1 rings (SSSR count). The first-order valence-corrected chi connectivity index (χ1v) is 5.14. The Bertz CT molecular complexity index is 318. The van der Waals surface area contributed by atoms with Crippen LogP contribution in [0.5, 0.6) is 5.75 Å². The van der Waals surface area contributed by atoms with Crippen molar-refractivity contribution in [3.63, 3.8) is 0 Å². The molecule has 0 aliphatic carbocycles. The topological polar surface area (TPSA) is 19.9 Å². The van der Waals surface area contributed by atoms with Gasteiger partial charge < -0.3 is 0 Å². The molecule has 77 valence electrons. The van der Waals surface area contributed by atoms with Crippen molar-refractivity contribution in [1.29, 1.82) is 0 Å². The van der Waals surface area contributed by atoms with E-state index in [9.17, 15) is 5.11 Å². The Morgan fingerprint density at radius 3 is 2.14 bits per heavy atom. The molecule has 0 unspecified atom stereocenters. The van der Waals surface area contributed by atoms with Gasteiger partial charge in [0.1, 0.15) is 0 Å². The van der Waals surface area contributed by atoms with Gasteiger partial charge in [0.25, 0.3) is 0 Å². The van der Waals surface area contributed by atoms with Crippen molar-refractivity contribution in [2.24, 2.45) is 0 Å². The standard InChI is InChI=1S/C13H19O/c1-9(2)10-7-6-8-11(12(10)14)13(3,4)5/h6-9H,1-5H3. The molecule has 0 saturated heterocycles. The van der Waals surface area contributed by atoms with Gasteiger partial charge in [-0.1, -0.05) is 52.8 Å². The Hall–Kier alpha value is -0.980. The number of benzene rings is 1. The lowest BCUT2D eigenvalue weighted by atomic mass is 9.84. The Morgan fingerprint density at radius 2 is 1.71 bits per heavy atom. The molecule has 0 aliphatic heterocycles. The van der Waals surface area contributed by atoms with Crippen LogP contribution in [0.4, 0.5) is 0 Å². The molecular formula is C13H19O. The largest absolute Gasteiger partial charge is 0.289 e. The molecule has 0 amide bonds. The van der Waals surface area contributed by atoms with Gasteiger partial charge in [0.2, 0.25) is 0 Å². The highest BCUT2D eigenvalue weighted by Gasteiger charge is 2.21. The molecule has 1 nitrogen and oxygen atoms in total. The smallest absolute Gasteiger partial charge is 0.185 e. The number of para-hydroxylation sites is 1. The van der Waals surface area contributed by atoms with Crippen LogP contribution in [0, 0.1) is 0 Å². The molecule has 1 heteroatoms. The van der Waals surface area contributed by atoms with Crippen molar-refractivity contribution in [2.75, 3.05) is 0 Å². The highest BCUT2D eigenvalue weighted by atomic mass is 16.3. The molecule has 0 aromatic heterocycles. The zero-order valence-corrected chi connectivity index (χ0v) is 9.72. The van der Waals surface area contributed by atoms with E-state index in [0.29, 0.717) is 5.92 Å². The maximum atomic E-state index is 12.1. The van der Waals surface area contributed by atoms with E-state index in [2.05, 4.69) is 34.6 Å². The third kappa shape index (κ3) is 2.09. The van der Waals surface area contributed by atoms with Crippen molar-refractivity contribution in [2.45, 2.75) is 46.0 Å². The molecule has 14 heavy (non-hydrogen) atoms. The van der Waals surface area contributed by atoms with Crippen LogP contribution in [0.3, 0.4) is 0 Å². The van der Waals surface area contributed by atoms with Crippen molar-refractivity contribution < 1.29 is 5.11 Å². The minimum absolute atomic E-state index is 0.0536. The molecule has 1 radical (unpaired) electrons. The Balaban J connectivity index is 3.28. The third-order valence-electron chi connectivity index (χ3n) is 2.48. The van der Waals surface area contributed by atoms with Crippen LogP contribution in [0.1, 0.15) is 51.7 Å². The number of hydrogen-bond donors (Lipinski definition) is 0. The summed E-state index contributed by atoms with van der Waals surface area (Å²) in [5, 5.41) is 12.1. The van der Waals surface area contributed by atoms with Crippen molar-refractivity contribution in [3.8, 4) is 5.75 Å². The minimum Gasteiger partial charge on any atom is -0.289 e. The van der Waals surface area contributed by atoms with Crippen LogP contribution in [0.15, 0.2) is 18.2 Å². The third-order valence-corrected chi connectivity index (χ3v) is 2.48. The van der Waals surface area contributed by atoms with E-state index < -0.39 is 0 Å². The van der Waals surface area contributed by atoms with Gasteiger partial charge in [0.15, 0.2) is 5.75 Å². The zero-order valence-electron chi connectivity index (χ0n) is 9.72. The second-order valence-electron chi connectivity index (χ2n) is 5.13. The molecule has 0 spiro atoms. The summed E-state index contributed by atoms with van der Waals surface area (Å²) < 4.78 is 0. The Morgan fingerprint density at radius 1 is 1.14 bits per heavy atom. The molecule has 0 heterocycles. The van der Waals surface area contributed by atoms with Crippen LogP contribution in [-0.2, 0) is 10.5 Å². The van der Waals surface area contributed by atoms with E-state index in [1.165, 1.54) is 0 Å².